The molecular formula is C15H24FN3O. The number of para-hydroxylation sites is 1. The van der Waals surface area contributed by atoms with Gasteiger partial charge in [0.2, 0.25) is 0 Å². The molecule has 0 bridgehead atoms. The Balaban J connectivity index is 2.79. The second-order valence-electron chi connectivity index (χ2n) is 5.67. The SMILES string of the molecule is CC(C)C(CNC(=O)c1cccc(F)c1NN)C(C)C. The van der Waals surface area contributed by atoms with Gasteiger partial charge in [-0.05, 0) is 29.9 Å². The molecule has 0 aliphatic rings. The summed E-state index contributed by atoms with van der Waals surface area (Å²) in [6.07, 6.45) is 0. The Morgan fingerprint density at radius 1 is 1.25 bits per heavy atom. The van der Waals surface area contributed by atoms with Gasteiger partial charge in [0.25, 0.3) is 5.91 Å². The van der Waals surface area contributed by atoms with Crippen molar-refractivity contribution in [2.75, 3.05) is 12.0 Å². The van der Waals surface area contributed by atoms with E-state index in [4.69, 9.17) is 5.84 Å². The second-order valence-corrected chi connectivity index (χ2v) is 5.67. The molecule has 0 aliphatic carbocycles. The number of carbonyl (C=O) groups is 1. The first-order valence-electron chi connectivity index (χ1n) is 6.91. The number of nitrogen functional groups attached to an aromatic ring is 1. The molecule has 0 aromatic heterocycles. The molecule has 4 nitrogen and oxygen atoms in total. The molecule has 112 valence electrons. The van der Waals surface area contributed by atoms with Crippen LogP contribution in [-0.4, -0.2) is 12.5 Å². The van der Waals surface area contributed by atoms with Crippen LogP contribution in [0.2, 0.25) is 0 Å². The molecule has 0 radical (unpaired) electrons. The normalized spacial score (nSPS) is 11.2. The van der Waals surface area contributed by atoms with Crippen molar-refractivity contribution in [1.29, 1.82) is 0 Å². The molecule has 0 fully saturated rings. The molecular weight excluding hydrogens is 257 g/mol. The smallest absolute Gasteiger partial charge is 0.253 e. The monoisotopic (exact) mass is 281 g/mol. The zero-order valence-electron chi connectivity index (χ0n) is 12.5. The van der Waals surface area contributed by atoms with Gasteiger partial charge in [-0.25, -0.2) is 4.39 Å². The highest BCUT2D eigenvalue weighted by atomic mass is 19.1. The van der Waals surface area contributed by atoms with E-state index < -0.39 is 5.82 Å². The summed E-state index contributed by atoms with van der Waals surface area (Å²) in [4.78, 5) is 12.2. The lowest BCUT2D eigenvalue weighted by molar-refractivity contribution is 0.0937. The molecule has 1 aromatic rings. The van der Waals surface area contributed by atoms with Crippen molar-refractivity contribution in [3.63, 3.8) is 0 Å². The van der Waals surface area contributed by atoms with Crippen molar-refractivity contribution in [2.24, 2.45) is 23.6 Å². The Hall–Kier alpha value is -1.62. The summed E-state index contributed by atoms with van der Waals surface area (Å²) in [7, 11) is 0. The Morgan fingerprint density at radius 2 is 1.85 bits per heavy atom. The van der Waals surface area contributed by atoms with Crippen LogP contribution in [-0.2, 0) is 0 Å². The molecule has 0 spiro atoms. The highest BCUT2D eigenvalue weighted by Gasteiger charge is 2.20. The van der Waals surface area contributed by atoms with Crippen molar-refractivity contribution in [3.8, 4) is 0 Å². The van der Waals surface area contributed by atoms with E-state index in [-0.39, 0.29) is 17.2 Å². The number of benzene rings is 1. The van der Waals surface area contributed by atoms with E-state index >= 15 is 0 Å². The van der Waals surface area contributed by atoms with Crippen molar-refractivity contribution in [2.45, 2.75) is 27.7 Å². The Kier molecular flexibility index (Phi) is 5.95. The molecule has 1 rings (SSSR count). The average molecular weight is 281 g/mol. The molecule has 20 heavy (non-hydrogen) atoms. The highest BCUT2D eigenvalue weighted by Crippen LogP contribution is 2.21. The highest BCUT2D eigenvalue weighted by molar-refractivity contribution is 5.99. The van der Waals surface area contributed by atoms with Gasteiger partial charge < -0.3 is 10.7 Å². The number of rotatable bonds is 6. The Labute approximate surface area is 119 Å². The summed E-state index contributed by atoms with van der Waals surface area (Å²) in [5.74, 6) is 5.73. The summed E-state index contributed by atoms with van der Waals surface area (Å²) in [5, 5.41) is 2.86. The lowest BCUT2D eigenvalue weighted by Gasteiger charge is -2.25. The Bertz CT molecular complexity index is 452. The maximum absolute atomic E-state index is 13.5. The topological polar surface area (TPSA) is 67.2 Å². The maximum Gasteiger partial charge on any atom is 0.253 e. The number of amides is 1. The molecule has 0 heterocycles. The summed E-state index contributed by atoms with van der Waals surface area (Å²) in [5.41, 5.74) is 2.49. The maximum atomic E-state index is 13.5. The summed E-state index contributed by atoms with van der Waals surface area (Å²) >= 11 is 0. The standard InChI is InChI=1S/C15H24FN3O/c1-9(2)12(10(3)4)8-18-15(20)11-6-5-7-13(16)14(11)19-17/h5-7,9-10,12,19H,8,17H2,1-4H3,(H,18,20). The van der Waals surface area contributed by atoms with E-state index in [1.165, 1.54) is 12.1 Å². The number of halogens is 1. The van der Waals surface area contributed by atoms with Gasteiger partial charge in [-0.1, -0.05) is 33.8 Å². The molecule has 1 aromatic carbocycles. The molecule has 5 heteroatoms. The molecule has 0 saturated carbocycles. The zero-order chi connectivity index (χ0) is 15.3. The lowest BCUT2D eigenvalue weighted by Crippen LogP contribution is -2.34. The van der Waals surface area contributed by atoms with Gasteiger partial charge in [-0.2, -0.15) is 0 Å². The predicted molar refractivity (Wildman–Crippen MR) is 79.7 cm³/mol. The average Bonchev–Trinajstić information content (AvgIpc) is 2.37. The number of anilines is 1. The van der Waals surface area contributed by atoms with Crippen LogP contribution < -0.4 is 16.6 Å². The first-order valence-corrected chi connectivity index (χ1v) is 6.91. The molecule has 0 saturated heterocycles. The van der Waals surface area contributed by atoms with Crippen LogP contribution in [0.1, 0.15) is 38.1 Å². The minimum atomic E-state index is -0.538. The first-order chi connectivity index (χ1) is 9.38. The van der Waals surface area contributed by atoms with E-state index in [9.17, 15) is 9.18 Å². The number of nitrogens with one attached hydrogen (secondary N) is 2. The molecule has 1 amide bonds. The van der Waals surface area contributed by atoms with Gasteiger partial charge >= 0.3 is 0 Å². The van der Waals surface area contributed by atoms with Crippen LogP contribution in [0.15, 0.2) is 18.2 Å². The van der Waals surface area contributed by atoms with Crippen LogP contribution in [0.4, 0.5) is 10.1 Å². The number of hydrazine groups is 1. The van der Waals surface area contributed by atoms with Crippen LogP contribution in [0, 0.1) is 23.6 Å². The van der Waals surface area contributed by atoms with E-state index in [1.807, 2.05) is 0 Å². The fourth-order valence-electron chi connectivity index (χ4n) is 2.41. The molecule has 0 unspecified atom stereocenters. The van der Waals surface area contributed by atoms with E-state index in [2.05, 4.69) is 38.4 Å². The van der Waals surface area contributed by atoms with Gasteiger partial charge in [0, 0.05) is 6.54 Å². The minimum Gasteiger partial charge on any atom is -0.352 e. The van der Waals surface area contributed by atoms with Crippen LogP contribution in [0.3, 0.4) is 0 Å². The Morgan fingerprint density at radius 3 is 2.35 bits per heavy atom. The number of hydrogen-bond donors (Lipinski definition) is 3. The van der Waals surface area contributed by atoms with Gasteiger partial charge in [0.15, 0.2) is 0 Å². The number of carbonyl (C=O) groups excluding carboxylic acids is 1. The van der Waals surface area contributed by atoms with Crippen LogP contribution in [0.5, 0.6) is 0 Å². The largest absolute Gasteiger partial charge is 0.352 e. The fraction of sp³-hybridized carbons (Fsp3) is 0.533. The third-order valence-electron chi connectivity index (χ3n) is 3.61. The van der Waals surface area contributed by atoms with E-state index in [0.29, 0.717) is 24.3 Å². The zero-order valence-corrected chi connectivity index (χ0v) is 12.5. The number of nitrogens with two attached hydrogens (primary N) is 1. The van der Waals surface area contributed by atoms with Crippen molar-refractivity contribution >= 4 is 11.6 Å². The van der Waals surface area contributed by atoms with Crippen molar-refractivity contribution in [1.82, 2.24) is 5.32 Å². The third-order valence-corrected chi connectivity index (χ3v) is 3.61. The predicted octanol–water partition coefficient (Wildman–Crippen LogP) is 2.77. The fourth-order valence-corrected chi connectivity index (χ4v) is 2.41. The summed E-state index contributed by atoms with van der Waals surface area (Å²) in [6.45, 7) is 9.09. The molecule has 0 aliphatic heterocycles. The third kappa shape index (κ3) is 3.93. The second kappa shape index (κ2) is 7.24. The lowest BCUT2D eigenvalue weighted by atomic mass is 9.85. The van der Waals surface area contributed by atoms with E-state index in [0.717, 1.165) is 0 Å². The van der Waals surface area contributed by atoms with Gasteiger partial charge in [0.1, 0.15) is 5.82 Å². The van der Waals surface area contributed by atoms with Crippen LogP contribution in [0.25, 0.3) is 0 Å². The first kappa shape index (κ1) is 16.4. The van der Waals surface area contributed by atoms with Crippen molar-refractivity contribution in [3.05, 3.63) is 29.6 Å². The molecule has 4 N–H and O–H groups in total. The summed E-state index contributed by atoms with van der Waals surface area (Å²) in [6, 6.07) is 4.30. The minimum absolute atomic E-state index is 0.0237. The number of hydrogen-bond acceptors (Lipinski definition) is 3. The van der Waals surface area contributed by atoms with Crippen molar-refractivity contribution < 1.29 is 9.18 Å². The van der Waals surface area contributed by atoms with Crippen LogP contribution >= 0.6 is 0 Å². The quantitative estimate of drug-likeness (QED) is 0.555. The van der Waals surface area contributed by atoms with Gasteiger partial charge in [-0.3, -0.25) is 10.6 Å². The summed E-state index contributed by atoms with van der Waals surface area (Å²) < 4.78 is 13.5. The van der Waals surface area contributed by atoms with E-state index in [1.54, 1.807) is 6.07 Å². The molecule has 0 atom stereocenters. The van der Waals surface area contributed by atoms with Gasteiger partial charge in [0.05, 0.1) is 11.3 Å². The van der Waals surface area contributed by atoms with Gasteiger partial charge in [-0.15, -0.1) is 0 Å².